The lowest BCUT2D eigenvalue weighted by Gasteiger charge is -2.37. The molecular weight excluding hydrogens is 575 g/mol. The van der Waals surface area contributed by atoms with E-state index in [4.69, 9.17) is 44.0 Å². The van der Waals surface area contributed by atoms with Gasteiger partial charge in [-0.2, -0.15) is 0 Å². The van der Waals surface area contributed by atoms with Gasteiger partial charge in [0.25, 0.3) is 5.91 Å². The van der Waals surface area contributed by atoms with Crippen molar-refractivity contribution < 1.29 is 28.3 Å². The van der Waals surface area contributed by atoms with Crippen molar-refractivity contribution in [1.82, 2.24) is 21.1 Å². The van der Waals surface area contributed by atoms with Gasteiger partial charge in [-0.1, -0.05) is 67.7 Å². The summed E-state index contributed by atoms with van der Waals surface area (Å²) in [6.07, 6.45) is 4.49. The summed E-state index contributed by atoms with van der Waals surface area (Å²) in [6.45, 7) is 13.5. The van der Waals surface area contributed by atoms with Gasteiger partial charge in [-0.15, -0.1) is 0 Å². The fraction of sp³-hybridized carbons (Fsp3) is 0.750. The number of carbonyl (C=O) groups is 4. The lowest BCUT2D eigenvalue weighted by molar-refractivity contribution is -0.152. The molecule has 1 aliphatic rings. The highest BCUT2D eigenvalue weighted by molar-refractivity contribution is 6.74. The van der Waals surface area contributed by atoms with E-state index in [0.717, 1.165) is 0 Å². The van der Waals surface area contributed by atoms with Gasteiger partial charge >= 0.3 is 5.97 Å². The zero-order valence-corrected chi connectivity index (χ0v) is 26.4. The molecule has 0 unspecified atom stereocenters. The molecule has 10 nitrogen and oxygen atoms in total. The van der Waals surface area contributed by atoms with Gasteiger partial charge in [0, 0.05) is 13.0 Å². The van der Waals surface area contributed by atoms with E-state index in [0.29, 0.717) is 19.4 Å². The number of carbonyl (C=O) groups excluding carboxylic acids is 4. The van der Waals surface area contributed by atoms with Crippen LogP contribution in [0, 0.1) is 0 Å². The van der Waals surface area contributed by atoms with Gasteiger partial charge < -0.3 is 19.8 Å². The quantitative estimate of drug-likeness (QED) is 0.141. The number of esters is 1. The molecule has 38 heavy (non-hydrogen) atoms. The summed E-state index contributed by atoms with van der Waals surface area (Å²) in [4.78, 5) is 50.9. The van der Waals surface area contributed by atoms with Crippen LogP contribution in [0.3, 0.4) is 0 Å². The van der Waals surface area contributed by atoms with Crippen LogP contribution in [0.4, 0.5) is 0 Å². The predicted molar refractivity (Wildman–Crippen MR) is 151 cm³/mol. The number of halogens is 3. The van der Waals surface area contributed by atoms with E-state index in [1.54, 1.807) is 19.1 Å². The highest BCUT2D eigenvalue weighted by Gasteiger charge is 2.39. The van der Waals surface area contributed by atoms with Crippen LogP contribution in [0.25, 0.3) is 0 Å². The van der Waals surface area contributed by atoms with Crippen LogP contribution < -0.4 is 16.1 Å². The fourth-order valence-electron chi connectivity index (χ4n) is 3.15. The Morgan fingerprint density at radius 1 is 1.16 bits per heavy atom. The number of nitrogens with zero attached hydrogens (tertiary/aromatic N) is 1. The summed E-state index contributed by atoms with van der Waals surface area (Å²) in [5.41, 5.74) is 2.82. The maximum atomic E-state index is 13.2. The Hall–Kier alpha value is -1.37. The van der Waals surface area contributed by atoms with E-state index >= 15 is 0 Å². The van der Waals surface area contributed by atoms with Gasteiger partial charge in [0.05, 0.1) is 6.61 Å². The Kier molecular flexibility index (Phi) is 13.5. The zero-order valence-electron chi connectivity index (χ0n) is 23.2. The van der Waals surface area contributed by atoms with E-state index in [2.05, 4.69) is 36.8 Å². The summed E-state index contributed by atoms with van der Waals surface area (Å²) in [7, 11) is -2.21. The highest BCUT2D eigenvalue weighted by atomic mass is 35.6. The fourth-order valence-corrected chi connectivity index (χ4v) is 4.33. The van der Waals surface area contributed by atoms with Crippen molar-refractivity contribution in [2.75, 3.05) is 19.8 Å². The third-order valence-electron chi connectivity index (χ3n) is 6.45. The second-order valence-electron chi connectivity index (χ2n) is 10.7. The van der Waals surface area contributed by atoms with Gasteiger partial charge in [-0.3, -0.25) is 24.2 Å². The summed E-state index contributed by atoms with van der Waals surface area (Å²) >= 11 is 16.9. The highest BCUT2D eigenvalue weighted by Crippen LogP contribution is 2.36. The summed E-state index contributed by atoms with van der Waals surface area (Å²) in [5.74, 6) is -2.00. The number of amides is 3. The molecule has 3 atom stereocenters. The smallest absolute Gasteiger partial charge is 0.325 e. The summed E-state index contributed by atoms with van der Waals surface area (Å²) < 4.78 is 9.45. The molecule has 1 rings (SSSR count). The Balaban J connectivity index is 2.85. The average molecular weight is 616 g/mol. The SMILES string of the molecule is CC=CCC(=O)N[C@@H](CO[Si](C)(C)C(C)(C)C)C(=O)N[C@@H](C)C(=O)N1CCC[C@@H](C(=O)OCC(Cl)(Cl)Cl)N1. The molecule has 1 fully saturated rings. The van der Waals surface area contributed by atoms with Crippen LogP contribution in [0.15, 0.2) is 12.2 Å². The van der Waals surface area contributed by atoms with E-state index in [1.165, 1.54) is 11.9 Å². The van der Waals surface area contributed by atoms with Crippen molar-refractivity contribution >= 4 is 66.8 Å². The molecule has 0 spiro atoms. The molecule has 1 saturated heterocycles. The maximum Gasteiger partial charge on any atom is 0.325 e. The topological polar surface area (TPSA) is 126 Å². The third-order valence-corrected chi connectivity index (χ3v) is 11.3. The third kappa shape index (κ3) is 11.8. The Morgan fingerprint density at radius 3 is 2.34 bits per heavy atom. The van der Waals surface area contributed by atoms with E-state index in [9.17, 15) is 19.2 Å². The molecule has 0 saturated carbocycles. The number of hydrogen-bond acceptors (Lipinski definition) is 7. The van der Waals surface area contributed by atoms with Gasteiger partial charge in [0.15, 0.2) is 8.32 Å². The van der Waals surface area contributed by atoms with Crippen molar-refractivity contribution in [2.45, 2.75) is 93.9 Å². The second-order valence-corrected chi connectivity index (χ2v) is 18.1. The molecule has 1 heterocycles. The molecule has 1 aliphatic heterocycles. The van der Waals surface area contributed by atoms with Gasteiger partial charge in [0.1, 0.15) is 24.7 Å². The first-order valence-corrected chi connectivity index (χ1v) is 16.6. The minimum atomic E-state index is -2.21. The number of rotatable bonds is 11. The molecule has 0 bridgehead atoms. The first-order valence-electron chi connectivity index (χ1n) is 12.5. The Morgan fingerprint density at radius 2 is 1.79 bits per heavy atom. The van der Waals surface area contributed by atoms with E-state index in [-0.39, 0.29) is 24.0 Å². The molecule has 14 heteroatoms. The zero-order chi connectivity index (χ0) is 29.3. The second kappa shape index (κ2) is 14.9. The van der Waals surface area contributed by atoms with Crippen molar-refractivity contribution in [3.8, 4) is 0 Å². The number of allylic oxidation sites excluding steroid dienone is 1. The largest absolute Gasteiger partial charge is 0.460 e. The molecule has 3 N–H and O–H groups in total. The van der Waals surface area contributed by atoms with Gasteiger partial charge in [-0.05, 0) is 44.8 Å². The van der Waals surface area contributed by atoms with Crippen LogP contribution in [-0.4, -0.2) is 78.7 Å². The first kappa shape index (κ1) is 34.7. The maximum absolute atomic E-state index is 13.2. The van der Waals surface area contributed by atoms with Crippen molar-refractivity contribution in [3.63, 3.8) is 0 Å². The van der Waals surface area contributed by atoms with Crippen LogP contribution in [0.1, 0.15) is 53.9 Å². The standard InChI is InChI=1S/C24H41Cl3N4O6Si/c1-8-9-12-19(32)29-18(14-37-38(6,7)23(3,4)5)20(33)28-16(2)21(34)31-13-10-11-17(30-31)22(35)36-15-24(25,26)27/h8-9,16-18,30H,10-15H2,1-7H3,(H,28,33)(H,29,32)/t16-,17-,18-/m0/s1. The first-order chi connectivity index (χ1) is 17.4. The van der Waals surface area contributed by atoms with Crippen LogP contribution in [0.5, 0.6) is 0 Å². The Labute approximate surface area is 241 Å². The summed E-state index contributed by atoms with van der Waals surface area (Å²) in [6, 6.07) is -2.75. The summed E-state index contributed by atoms with van der Waals surface area (Å²) in [5, 5.41) is 6.55. The number of hydrogen-bond donors (Lipinski definition) is 3. The van der Waals surface area contributed by atoms with E-state index in [1.807, 2.05) is 13.1 Å². The van der Waals surface area contributed by atoms with Gasteiger partial charge in [0.2, 0.25) is 15.6 Å². The molecule has 0 aromatic heterocycles. The number of nitrogens with one attached hydrogen (secondary N) is 3. The van der Waals surface area contributed by atoms with E-state index < -0.39 is 54.6 Å². The Bertz CT molecular complexity index is 876. The molecule has 3 amide bonds. The molecule has 0 aliphatic carbocycles. The minimum absolute atomic E-state index is 0.0239. The number of hydrazine groups is 1. The molecule has 0 aromatic carbocycles. The van der Waals surface area contributed by atoms with Gasteiger partial charge in [-0.25, -0.2) is 5.43 Å². The van der Waals surface area contributed by atoms with Crippen LogP contribution >= 0.6 is 34.8 Å². The molecule has 0 aromatic rings. The molecule has 218 valence electrons. The van der Waals surface area contributed by atoms with Crippen LogP contribution in [0.2, 0.25) is 18.1 Å². The van der Waals surface area contributed by atoms with Crippen molar-refractivity contribution in [1.29, 1.82) is 0 Å². The van der Waals surface area contributed by atoms with Crippen molar-refractivity contribution in [2.24, 2.45) is 0 Å². The lowest BCUT2D eigenvalue weighted by atomic mass is 10.1. The monoisotopic (exact) mass is 614 g/mol. The van der Waals surface area contributed by atoms with Crippen molar-refractivity contribution in [3.05, 3.63) is 12.2 Å². The van der Waals surface area contributed by atoms with Crippen LogP contribution in [-0.2, 0) is 28.3 Å². The number of alkyl halides is 3. The minimum Gasteiger partial charge on any atom is -0.460 e. The molecular formula is C24H41Cl3N4O6Si. The predicted octanol–water partition coefficient (Wildman–Crippen LogP) is 3.37. The lowest BCUT2D eigenvalue weighted by Crippen LogP contribution is -2.61. The molecule has 0 radical (unpaired) electrons. The average Bonchev–Trinajstić information content (AvgIpc) is 2.81. The number of ether oxygens (including phenoxy) is 1. The normalized spacial score (nSPS) is 18.6.